The Morgan fingerprint density at radius 3 is 2.22 bits per heavy atom. The maximum atomic E-state index is 11.3. The molecule has 0 heterocycles. The first-order chi connectivity index (χ1) is 8.56. The van der Waals surface area contributed by atoms with Crippen LogP contribution in [-0.4, -0.2) is 16.0 Å². The minimum Gasteiger partial charge on any atom is -0.508 e. The molecule has 2 rings (SSSR count). The van der Waals surface area contributed by atoms with Crippen LogP contribution in [0.4, 0.5) is 0 Å². The highest BCUT2D eigenvalue weighted by Gasteiger charge is 2.07. The molecule has 0 amide bonds. The zero-order valence-electron chi connectivity index (χ0n) is 10.1. The predicted octanol–water partition coefficient (Wildman–Crippen LogP) is 2.89. The number of aromatic hydroxyl groups is 2. The van der Waals surface area contributed by atoms with Crippen molar-refractivity contribution in [1.29, 1.82) is 0 Å². The lowest BCUT2D eigenvalue weighted by Crippen LogP contribution is -1.96. The molecule has 2 N–H and O–H groups in total. The molecule has 0 radical (unpaired) electrons. The quantitative estimate of drug-likeness (QED) is 0.814. The Morgan fingerprint density at radius 2 is 1.61 bits per heavy atom. The SMILES string of the molecule is CC(=O)c1cc(Cc2ccc(O)cc2)ccc1O. The maximum Gasteiger partial charge on any atom is 0.163 e. The van der Waals surface area contributed by atoms with Gasteiger partial charge in [0.15, 0.2) is 5.78 Å². The van der Waals surface area contributed by atoms with Gasteiger partial charge in [0.25, 0.3) is 0 Å². The van der Waals surface area contributed by atoms with E-state index in [2.05, 4.69) is 0 Å². The summed E-state index contributed by atoms with van der Waals surface area (Å²) >= 11 is 0. The summed E-state index contributed by atoms with van der Waals surface area (Å²) in [6.07, 6.45) is 0.654. The van der Waals surface area contributed by atoms with Gasteiger partial charge in [-0.1, -0.05) is 18.2 Å². The van der Waals surface area contributed by atoms with Crippen molar-refractivity contribution in [2.45, 2.75) is 13.3 Å². The van der Waals surface area contributed by atoms with Crippen LogP contribution in [0.25, 0.3) is 0 Å². The highest BCUT2D eigenvalue weighted by atomic mass is 16.3. The Hall–Kier alpha value is -2.29. The van der Waals surface area contributed by atoms with Gasteiger partial charge in [0, 0.05) is 0 Å². The fourth-order valence-corrected chi connectivity index (χ4v) is 1.82. The minimum atomic E-state index is -0.153. The summed E-state index contributed by atoms with van der Waals surface area (Å²) in [6.45, 7) is 1.43. The van der Waals surface area contributed by atoms with Crippen molar-refractivity contribution in [3.8, 4) is 11.5 Å². The van der Waals surface area contributed by atoms with Crippen molar-refractivity contribution in [2.75, 3.05) is 0 Å². The van der Waals surface area contributed by atoms with E-state index in [9.17, 15) is 15.0 Å². The molecule has 92 valence electrons. The second kappa shape index (κ2) is 4.92. The molecule has 0 aliphatic carbocycles. The zero-order chi connectivity index (χ0) is 13.1. The van der Waals surface area contributed by atoms with Crippen molar-refractivity contribution in [1.82, 2.24) is 0 Å². The van der Waals surface area contributed by atoms with E-state index in [1.807, 2.05) is 12.1 Å². The van der Waals surface area contributed by atoms with Gasteiger partial charge in [-0.25, -0.2) is 0 Å². The van der Waals surface area contributed by atoms with E-state index < -0.39 is 0 Å². The molecular weight excluding hydrogens is 228 g/mol. The summed E-state index contributed by atoms with van der Waals surface area (Å²) in [6, 6.07) is 11.9. The van der Waals surface area contributed by atoms with Crippen molar-refractivity contribution in [3.63, 3.8) is 0 Å². The molecule has 0 aromatic heterocycles. The lowest BCUT2D eigenvalue weighted by atomic mass is 10.0. The van der Waals surface area contributed by atoms with Gasteiger partial charge in [0.1, 0.15) is 11.5 Å². The van der Waals surface area contributed by atoms with E-state index in [1.165, 1.54) is 13.0 Å². The van der Waals surface area contributed by atoms with Crippen LogP contribution in [0, 0.1) is 0 Å². The fraction of sp³-hybridized carbons (Fsp3) is 0.133. The molecule has 2 aromatic carbocycles. The van der Waals surface area contributed by atoms with Crippen LogP contribution in [0.1, 0.15) is 28.4 Å². The lowest BCUT2D eigenvalue weighted by molar-refractivity contribution is 0.101. The molecule has 3 heteroatoms. The van der Waals surface area contributed by atoms with Gasteiger partial charge in [-0.2, -0.15) is 0 Å². The fourth-order valence-electron chi connectivity index (χ4n) is 1.82. The van der Waals surface area contributed by atoms with Crippen LogP contribution in [0.5, 0.6) is 11.5 Å². The number of phenols is 2. The number of ketones is 1. The van der Waals surface area contributed by atoms with Crippen LogP contribution in [0.3, 0.4) is 0 Å². The molecule has 0 fully saturated rings. The van der Waals surface area contributed by atoms with E-state index in [0.717, 1.165) is 11.1 Å². The number of carbonyl (C=O) groups is 1. The Bertz CT molecular complexity index is 571. The number of rotatable bonds is 3. The third-order valence-electron chi connectivity index (χ3n) is 2.78. The van der Waals surface area contributed by atoms with E-state index in [4.69, 9.17) is 0 Å². The first kappa shape index (κ1) is 12.2. The van der Waals surface area contributed by atoms with Crippen molar-refractivity contribution in [3.05, 3.63) is 59.2 Å². The summed E-state index contributed by atoms with van der Waals surface area (Å²) < 4.78 is 0. The first-order valence-corrected chi connectivity index (χ1v) is 5.67. The van der Waals surface area contributed by atoms with Gasteiger partial charge < -0.3 is 10.2 Å². The van der Waals surface area contributed by atoms with Crippen molar-refractivity contribution < 1.29 is 15.0 Å². The van der Waals surface area contributed by atoms with Crippen molar-refractivity contribution in [2.24, 2.45) is 0 Å². The average molecular weight is 242 g/mol. The van der Waals surface area contributed by atoms with Crippen LogP contribution < -0.4 is 0 Å². The first-order valence-electron chi connectivity index (χ1n) is 5.67. The smallest absolute Gasteiger partial charge is 0.163 e. The summed E-state index contributed by atoms with van der Waals surface area (Å²) in [5.41, 5.74) is 2.32. The Morgan fingerprint density at radius 1 is 1.00 bits per heavy atom. The van der Waals surface area contributed by atoms with Crippen LogP contribution in [0.15, 0.2) is 42.5 Å². The molecule has 0 unspecified atom stereocenters. The highest BCUT2D eigenvalue weighted by Crippen LogP contribution is 2.21. The van der Waals surface area contributed by atoms with Gasteiger partial charge >= 0.3 is 0 Å². The molecule has 0 atom stereocenters. The predicted molar refractivity (Wildman–Crippen MR) is 69.0 cm³/mol. The number of carbonyl (C=O) groups excluding carboxylic acids is 1. The number of Topliss-reactive ketones (excluding diaryl/α,β-unsaturated/α-hetero) is 1. The summed E-state index contributed by atoms with van der Waals surface area (Å²) in [7, 11) is 0. The standard InChI is InChI=1S/C15H14O3/c1-10(16)14-9-12(4-7-15(14)18)8-11-2-5-13(17)6-3-11/h2-7,9,17-18H,8H2,1H3. The number of phenolic OH excluding ortho intramolecular Hbond substituents is 2. The van der Waals surface area contributed by atoms with Crippen LogP contribution >= 0.6 is 0 Å². The minimum absolute atomic E-state index is 0.0111. The Labute approximate surface area is 105 Å². The molecule has 18 heavy (non-hydrogen) atoms. The second-order valence-corrected chi connectivity index (χ2v) is 4.25. The number of hydrogen-bond acceptors (Lipinski definition) is 3. The van der Waals surface area contributed by atoms with Gasteiger partial charge in [-0.3, -0.25) is 4.79 Å². The van der Waals surface area contributed by atoms with Gasteiger partial charge in [-0.05, 0) is 48.7 Å². The normalized spacial score (nSPS) is 10.3. The highest BCUT2D eigenvalue weighted by molar-refractivity contribution is 5.96. The molecule has 3 nitrogen and oxygen atoms in total. The van der Waals surface area contributed by atoms with E-state index in [-0.39, 0.29) is 17.3 Å². The third-order valence-corrected chi connectivity index (χ3v) is 2.78. The molecule has 0 aliphatic heterocycles. The number of hydrogen-bond donors (Lipinski definition) is 2. The van der Waals surface area contributed by atoms with Gasteiger partial charge in [0.2, 0.25) is 0 Å². The second-order valence-electron chi connectivity index (χ2n) is 4.25. The van der Waals surface area contributed by atoms with Gasteiger partial charge in [0.05, 0.1) is 5.56 Å². The maximum absolute atomic E-state index is 11.3. The summed E-state index contributed by atoms with van der Waals surface area (Å²) in [4.78, 5) is 11.3. The largest absolute Gasteiger partial charge is 0.508 e. The van der Waals surface area contributed by atoms with E-state index in [0.29, 0.717) is 12.0 Å². The molecule has 0 saturated heterocycles. The van der Waals surface area contributed by atoms with Crippen LogP contribution in [0.2, 0.25) is 0 Å². The third kappa shape index (κ3) is 2.69. The summed E-state index contributed by atoms with van der Waals surface area (Å²) in [5.74, 6) is 0.0888. The summed E-state index contributed by atoms with van der Waals surface area (Å²) in [5, 5.41) is 18.8. The van der Waals surface area contributed by atoms with Gasteiger partial charge in [-0.15, -0.1) is 0 Å². The number of benzene rings is 2. The van der Waals surface area contributed by atoms with Crippen molar-refractivity contribution >= 4 is 5.78 Å². The Kier molecular flexibility index (Phi) is 3.33. The Balaban J connectivity index is 2.27. The monoisotopic (exact) mass is 242 g/mol. The zero-order valence-corrected chi connectivity index (χ0v) is 10.1. The molecule has 0 saturated carbocycles. The van der Waals surface area contributed by atoms with Crippen LogP contribution in [-0.2, 0) is 6.42 Å². The van der Waals surface area contributed by atoms with E-state index in [1.54, 1.807) is 24.3 Å². The van der Waals surface area contributed by atoms with E-state index >= 15 is 0 Å². The average Bonchev–Trinajstić information content (AvgIpc) is 2.34. The lowest BCUT2D eigenvalue weighted by Gasteiger charge is -2.06. The molecular formula is C15H14O3. The molecule has 0 aliphatic rings. The molecule has 0 bridgehead atoms. The molecule has 2 aromatic rings. The topological polar surface area (TPSA) is 57.5 Å². The molecule has 0 spiro atoms.